The Kier molecular flexibility index (Phi) is 86.4. The summed E-state index contributed by atoms with van der Waals surface area (Å²) in [6, 6.07) is 23.2. The minimum Gasteiger partial charge on any atom is -0.872 e. The Labute approximate surface area is 951 Å². The van der Waals surface area contributed by atoms with Crippen LogP contribution in [0.1, 0.15) is 174 Å². The minimum atomic E-state index is -3.62. The van der Waals surface area contributed by atoms with Crippen molar-refractivity contribution in [1.82, 2.24) is 26.6 Å². The van der Waals surface area contributed by atoms with Gasteiger partial charge in [0.05, 0.1) is 58.0 Å². The van der Waals surface area contributed by atoms with Gasteiger partial charge in [0.1, 0.15) is 69.7 Å². The topological polar surface area (TPSA) is 685 Å². The van der Waals surface area contributed by atoms with Crippen molar-refractivity contribution in [3.8, 4) is 11.5 Å². The first-order chi connectivity index (χ1) is 63.9. The summed E-state index contributed by atoms with van der Waals surface area (Å²) in [7, 11) is 6.47. The number of phenols is 1. The molecule has 143 heavy (non-hydrogen) atoms. The number of nitrogens with one attached hydrogen (secondary N) is 5. The number of aliphatic carboxylic acids is 3. The van der Waals surface area contributed by atoms with Crippen LogP contribution in [0.5, 0.6) is 11.5 Å². The Balaban J connectivity index is -0.000000241. The van der Waals surface area contributed by atoms with Crippen LogP contribution in [0.2, 0.25) is 25.1 Å². The Morgan fingerprint density at radius 1 is 0.510 bits per heavy atom. The molecule has 9 rings (SSSR count). The van der Waals surface area contributed by atoms with E-state index in [0.717, 1.165) is 18.4 Å². The molecule has 1 saturated heterocycles. The van der Waals surface area contributed by atoms with E-state index in [2.05, 4.69) is 36.1 Å². The van der Waals surface area contributed by atoms with Gasteiger partial charge in [-0.3, -0.25) is 47.4 Å². The molecule has 0 radical (unpaired) electrons. The third kappa shape index (κ3) is 66.2. The van der Waals surface area contributed by atoms with E-state index in [1.165, 1.54) is 93.0 Å². The molecule has 14 N–H and O–H groups in total. The van der Waals surface area contributed by atoms with E-state index in [4.69, 9.17) is 139 Å². The number of carbonyl (C=O) groups is 14. The molecule has 1 aliphatic rings. The second kappa shape index (κ2) is 82.1. The Hall–Kier alpha value is -7.88. The number of amides is 4. The van der Waals surface area contributed by atoms with Gasteiger partial charge in [0.25, 0.3) is 5.91 Å². The van der Waals surface area contributed by atoms with Crippen LogP contribution in [0.3, 0.4) is 0 Å². The van der Waals surface area contributed by atoms with E-state index >= 15 is 0 Å². The van der Waals surface area contributed by atoms with E-state index in [1.54, 1.807) is 84.9 Å². The molecule has 4 heterocycles. The Morgan fingerprint density at radius 3 is 1.21 bits per heavy atom. The second-order valence-electron chi connectivity index (χ2n) is 27.1. The molecular weight excluding hydrogens is 2120 g/mol. The summed E-state index contributed by atoms with van der Waals surface area (Å²) in [6.07, 6.45) is 7.21. The molecule has 54 heteroatoms. The maximum atomic E-state index is 12.6. The number of aromatic carboxylic acids is 1. The number of hydrogen-bond donors (Lipinski definition) is 11. The van der Waals surface area contributed by atoms with Gasteiger partial charge in [0.15, 0.2) is 6.29 Å². The molecule has 3 aromatic heterocycles. The average molecular weight is 2230 g/mol. The number of piperidine rings is 1. The van der Waals surface area contributed by atoms with Crippen molar-refractivity contribution >= 4 is 222 Å². The number of carboxylic acid groups (broad SMARTS) is 4. The summed E-state index contributed by atoms with van der Waals surface area (Å²) in [5.41, 5.74) is 7.38. The van der Waals surface area contributed by atoms with Crippen LogP contribution in [0.4, 0.5) is 0 Å². The number of aliphatic hydroxyl groups excluding tert-OH is 1. The number of rotatable bonds is 31. The summed E-state index contributed by atoms with van der Waals surface area (Å²) in [5, 5.41) is 83.2. The maximum Gasteiger partial charge on any atom is 1.00 e. The molecule has 8 aromatic rings. The summed E-state index contributed by atoms with van der Waals surface area (Å²) in [6.45, 7) is 19.1. The van der Waals surface area contributed by atoms with Crippen molar-refractivity contribution in [2.75, 3.05) is 78.0 Å². The van der Waals surface area contributed by atoms with Gasteiger partial charge >= 0.3 is 177 Å². The molecule has 0 unspecified atom stereocenters. The molecule has 772 valence electrons. The van der Waals surface area contributed by atoms with Gasteiger partial charge < -0.3 is 126 Å². The first kappa shape index (κ1) is 150. The van der Waals surface area contributed by atoms with Crippen LogP contribution >= 0.6 is 91.8 Å². The molecule has 0 saturated carbocycles. The van der Waals surface area contributed by atoms with E-state index in [1.807, 2.05) is 6.92 Å². The number of aliphatic hydroxyl groups is 1. The Morgan fingerprint density at radius 2 is 0.860 bits per heavy atom. The molecule has 41 nitrogen and oxygen atoms in total. The van der Waals surface area contributed by atoms with Crippen LogP contribution in [0.15, 0.2) is 142 Å². The standard InChI is InChI=1S/C19H21ClN2O6.C12H9ClO4.C10H7ClO5.C10H5ClO4.C9H18N2O3.C7H5ClO2.C7H14N2O3.C7H12O4.C5H11N.C2H6Cl2O2S.CH4.ClH.4Na.H2O/c1-3-21-16(23)8-6-14(19(26)27-4-2)22-17(24)13-10-11-9-12(20)5-7-15(11)28-18(13)25;1-2-16-11(14)9-6-7-5-8(13)3-4-10(7)17-12(9)15;11-6-1-2-8(12)5(3-6)4-7(9(13)14)10(15)16;11-6-1-2-8-5(3-6)4-7(9(12)13)10(14)15-8;1-3-11-8(12)6-5-7(10)9(13)14-4-2;8-6-1-2-7(10)5(3-6)4-9;1-2-9-6(10)4-3-5(8)7(11)12;1-3-10-6(8)5-7(9)11-4-2;1-2-4-6-5-3-1;1-7(3,4,6)2-5;;;;;;;/h5,7,9-10,14H,3-4,6,8H2,1-2H3,(H,21,23)(H,22,24);3-6H,2H2,1H3;1-4,12H,(H,13,14)(H,15,16);1-4H,(H,12,13);7H,3-6,10H2,1-2H3,(H,11,12);1-4,10H;5H,2-4,8H2,1H3,(H,9,10)(H,11,12);3-5H2,1-2H3;6H,1-5H2;5H,2H2,1H3;1H4;1H;;;;;1H2/q;;;;;;;;;;;;4*+1;/p-4/t14-;;;;7-;;5-;;;;;;;;;;/m0...1.1........../s1. The van der Waals surface area contributed by atoms with Gasteiger partial charge in [-0.2, -0.15) is 0 Å². The zero-order chi connectivity index (χ0) is 104. The average Bonchev–Trinajstić information content (AvgIpc) is 0.812. The number of ether oxygens (including phenoxy) is 5. The number of fused-ring (bicyclic) bond motifs is 3. The maximum absolute atomic E-state index is 12.6. The number of benzene rings is 5. The van der Waals surface area contributed by atoms with Crippen molar-refractivity contribution in [2.24, 2.45) is 11.5 Å². The Bertz CT molecular complexity index is 5630. The van der Waals surface area contributed by atoms with E-state index in [0.29, 0.717) is 92.4 Å². The van der Waals surface area contributed by atoms with Crippen molar-refractivity contribution in [2.45, 2.75) is 145 Å². The number of nitrogens with two attached hydrogens (primary N) is 2. The van der Waals surface area contributed by atoms with E-state index in [9.17, 15) is 101 Å². The van der Waals surface area contributed by atoms with Crippen molar-refractivity contribution in [3.63, 3.8) is 0 Å². The van der Waals surface area contributed by atoms with Gasteiger partial charge in [-0.1, -0.05) is 77.9 Å². The summed E-state index contributed by atoms with van der Waals surface area (Å²) in [4.78, 5) is 189. The number of aldehydes is 1. The first-order valence-corrected chi connectivity index (χ1v) is 47.0. The predicted octanol–water partition coefficient (Wildman–Crippen LogP) is -3.09. The van der Waals surface area contributed by atoms with Crippen molar-refractivity contribution in [3.05, 3.63) is 199 Å². The molecule has 1 aliphatic heterocycles. The van der Waals surface area contributed by atoms with Gasteiger partial charge in [-0.25, -0.2) is 28.8 Å². The number of carboxylic acids is 4. The van der Waals surface area contributed by atoms with Gasteiger partial charge in [-0.15, -0.1) is 18.2 Å². The number of carbonyl (C=O) groups excluding carboxylic acids is 12. The second-order valence-corrected chi connectivity index (χ2v) is 37.4. The van der Waals surface area contributed by atoms with Crippen LogP contribution in [-0.4, -0.2) is 210 Å². The van der Waals surface area contributed by atoms with Gasteiger partial charge in [0, 0.05) is 92.0 Å². The number of aromatic hydroxyl groups is 1. The van der Waals surface area contributed by atoms with Crippen LogP contribution in [0, 0.1) is 0 Å². The van der Waals surface area contributed by atoms with Crippen molar-refractivity contribution in [1.29, 1.82) is 0 Å². The number of esters is 5. The fraction of sp³-hybridized carbons (Fsp3) is 0.382. The van der Waals surface area contributed by atoms with E-state index in [-0.39, 0.29) is 265 Å². The molecule has 0 aliphatic carbocycles. The molecule has 4 amide bonds. The van der Waals surface area contributed by atoms with Crippen molar-refractivity contribution < 1.29 is 268 Å². The SMILES string of the molecule is C.C1CCNCC1.CCNC(=O)CC[C@@H](N)C(=O)O.CCNC(=O)CC[C@@H](N)C(=O)OCC.CCNC(=O)CC[C@H](NC(=O)c1cc2cc(Cl)ccc2oc1=O)C(=O)OCC.CCOC(=O)CC(=O)OCC.CCOC(=O)c1cc2cc(Cl)ccc2oc1=O.CS(=O)(Cl)(Cl)CO.Cl.O=C(O)c1cc2cc(Cl)ccc2oc1=O.O=C([O-])C(=Cc1cc(Cl)ccc1[O-])C(=O)[O-].O=Cc1cc(Cl)ccc1O.[Na+].[Na+].[Na+].[Na+].[OH-]. The summed E-state index contributed by atoms with van der Waals surface area (Å²) < 4.78 is 48.8. The molecule has 3 atom stereocenters. The molecule has 5 aromatic carbocycles. The zero-order valence-corrected chi connectivity index (χ0v) is 94.7. The normalized spacial score (nSPS) is 11.1. The molecule has 1 fully saturated rings. The molecule has 0 bridgehead atoms. The van der Waals surface area contributed by atoms with Gasteiger partial charge in [0.2, 0.25) is 17.7 Å². The first-order valence-electron chi connectivity index (χ1n) is 40.9. The summed E-state index contributed by atoms with van der Waals surface area (Å²) >= 11 is 28.6. The van der Waals surface area contributed by atoms with E-state index < -0.39 is 125 Å². The number of halogens is 8. The van der Waals surface area contributed by atoms with Gasteiger partial charge in [-0.05, 0) is 237 Å². The fourth-order valence-electron chi connectivity index (χ4n) is 9.82. The molecule has 0 spiro atoms. The number of hydrogen-bond acceptors (Lipinski definition) is 35. The number of phenolic OH excluding ortho intramolecular Hbond substituents is 1. The predicted molar refractivity (Wildman–Crippen MR) is 518 cm³/mol. The third-order valence-electron chi connectivity index (χ3n) is 16.2. The summed E-state index contributed by atoms with van der Waals surface area (Å²) in [5.74, 6) is -11.7. The largest absolute Gasteiger partial charge is 1.00 e. The monoisotopic (exact) mass is 2230 g/mol. The third-order valence-corrected chi connectivity index (χ3v) is 18.5. The fourth-order valence-corrected chi connectivity index (χ4v) is 10.7. The zero-order valence-electron chi connectivity index (χ0n) is 79.8. The van der Waals surface area contributed by atoms with Crippen LogP contribution < -0.4 is 188 Å². The molecular formula is C89H111Cl8N7Na4O34S. The quantitative estimate of drug-likeness (QED) is 0.00236. The minimum absolute atomic E-state index is 0. The smallest absolute Gasteiger partial charge is 0.872 e. The van der Waals surface area contributed by atoms with Crippen LogP contribution in [0.25, 0.3) is 39.0 Å². The van der Waals surface area contributed by atoms with Crippen LogP contribution in [-0.2, 0) is 79.1 Å².